The SMILES string of the molecule is C1COCC2(C1)CCOC2. The first-order valence-electron chi connectivity index (χ1n) is 4.07. The summed E-state index contributed by atoms with van der Waals surface area (Å²) in [5, 5.41) is 0. The first kappa shape index (κ1) is 6.62. The number of hydrogen-bond acceptors (Lipinski definition) is 2. The van der Waals surface area contributed by atoms with E-state index in [2.05, 4.69) is 0 Å². The van der Waals surface area contributed by atoms with Crippen LogP contribution in [0.15, 0.2) is 0 Å². The van der Waals surface area contributed by atoms with Gasteiger partial charge >= 0.3 is 0 Å². The van der Waals surface area contributed by atoms with Crippen LogP contribution in [0.1, 0.15) is 19.3 Å². The minimum atomic E-state index is 0.429. The van der Waals surface area contributed by atoms with Gasteiger partial charge in [-0.05, 0) is 19.3 Å². The zero-order chi connectivity index (χ0) is 6.86. The monoisotopic (exact) mass is 142 g/mol. The Morgan fingerprint density at radius 1 is 0.900 bits per heavy atom. The van der Waals surface area contributed by atoms with E-state index >= 15 is 0 Å². The Balaban J connectivity index is 1.98. The van der Waals surface area contributed by atoms with E-state index in [0.717, 1.165) is 26.4 Å². The first-order valence-corrected chi connectivity index (χ1v) is 4.07. The standard InChI is InChI=1S/C8H14O2/c1-2-8(6-9-4-1)3-5-10-7-8/h1-7H2. The molecule has 0 aromatic carbocycles. The van der Waals surface area contributed by atoms with Gasteiger partial charge in [0.25, 0.3) is 0 Å². The Morgan fingerprint density at radius 3 is 2.30 bits per heavy atom. The van der Waals surface area contributed by atoms with Crippen LogP contribution in [-0.4, -0.2) is 26.4 Å². The van der Waals surface area contributed by atoms with Crippen molar-refractivity contribution in [1.82, 2.24) is 0 Å². The van der Waals surface area contributed by atoms with Gasteiger partial charge in [-0.2, -0.15) is 0 Å². The molecule has 10 heavy (non-hydrogen) atoms. The number of rotatable bonds is 0. The van der Waals surface area contributed by atoms with E-state index < -0.39 is 0 Å². The molecular weight excluding hydrogens is 128 g/mol. The lowest BCUT2D eigenvalue weighted by atomic mass is 9.82. The van der Waals surface area contributed by atoms with Crippen molar-refractivity contribution in [1.29, 1.82) is 0 Å². The molecule has 1 unspecified atom stereocenters. The molecule has 2 saturated heterocycles. The topological polar surface area (TPSA) is 18.5 Å². The zero-order valence-corrected chi connectivity index (χ0v) is 6.27. The summed E-state index contributed by atoms with van der Waals surface area (Å²) in [6.45, 7) is 3.78. The molecule has 0 amide bonds. The molecule has 2 aliphatic rings. The molecule has 0 saturated carbocycles. The van der Waals surface area contributed by atoms with Gasteiger partial charge in [0.1, 0.15) is 0 Å². The van der Waals surface area contributed by atoms with E-state index in [1.807, 2.05) is 0 Å². The quantitative estimate of drug-likeness (QED) is 0.506. The molecule has 1 atom stereocenters. The van der Waals surface area contributed by atoms with Gasteiger partial charge in [0.05, 0.1) is 13.2 Å². The molecule has 0 aromatic rings. The summed E-state index contributed by atoms with van der Waals surface area (Å²) < 4.78 is 10.8. The highest BCUT2D eigenvalue weighted by Crippen LogP contribution is 2.36. The Labute approximate surface area is 61.5 Å². The maximum Gasteiger partial charge on any atom is 0.0545 e. The molecule has 0 radical (unpaired) electrons. The second-order valence-electron chi connectivity index (χ2n) is 3.46. The molecule has 58 valence electrons. The summed E-state index contributed by atoms with van der Waals surface area (Å²) in [6.07, 6.45) is 3.75. The van der Waals surface area contributed by atoms with Crippen LogP contribution in [-0.2, 0) is 9.47 Å². The maximum absolute atomic E-state index is 5.43. The number of ether oxygens (including phenoxy) is 2. The highest BCUT2D eigenvalue weighted by atomic mass is 16.5. The normalized spacial score (nSPS) is 40.8. The summed E-state index contributed by atoms with van der Waals surface area (Å²) in [7, 11) is 0. The van der Waals surface area contributed by atoms with Crippen molar-refractivity contribution in [2.75, 3.05) is 26.4 Å². The molecular formula is C8H14O2. The fourth-order valence-corrected chi connectivity index (χ4v) is 1.87. The predicted molar refractivity (Wildman–Crippen MR) is 37.9 cm³/mol. The fourth-order valence-electron chi connectivity index (χ4n) is 1.87. The third kappa shape index (κ3) is 1.06. The second kappa shape index (κ2) is 2.51. The largest absolute Gasteiger partial charge is 0.381 e. The van der Waals surface area contributed by atoms with E-state index in [1.54, 1.807) is 0 Å². The van der Waals surface area contributed by atoms with E-state index in [-0.39, 0.29) is 0 Å². The third-order valence-electron chi connectivity index (χ3n) is 2.59. The summed E-state index contributed by atoms with van der Waals surface area (Å²) in [5.74, 6) is 0. The van der Waals surface area contributed by atoms with Crippen LogP contribution in [0.25, 0.3) is 0 Å². The van der Waals surface area contributed by atoms with Gasteiger partial charge in [-0.1, -0.05) is 0 Å². The van der Waals surface area contributed by atoms with Crippen molar-refractivity contribution >= 4 is 0 Å². The van der Waals surface area contributed by atoms with E-state index in [0.29, 0.717) is 5.41 Å². The smallest absolute Gasteiger partial charge is 0.0545 e. The minimum Gasteiger partial charge on any atom is -0.381 e. The van der Waals surface area contributed by atoms with Crippen LogP contribution >= 0.6 is 0 Å². The fraction of sp³-hybridized carbons (Fsp3) is 1.00. The lowest BCUT2D eigenvalue weighted by Gasteiger charge is -2.31. The molecule has 0 N–H and O–H groups in total. The number of hydrogen-bond donors (Lipinski definition) is 0. The molecule has 2 heterocycles. The molecule has 2 nitrogen and oxygen atoms in total. The molecule has 2 rings (SSSR count). The summed E-state index contributed by atoms with van der Waals surface area (Å²) in [5.41, 5.74) is 0.429. The van der Waals surface area contributed by atoms with E-state index in [4.69, 9.17) is 9.47 Å². The van der Waals surface area contributed by atoms with Gasteiger partial charge < -0.3 is 9.47 Å². The van der Waals surface area contributed by atoms with Crippen LogP contribution in [0, 0.1) is 5.41 Å². The van der Waals surface area contributed by atoms with Crippen LogP contribution < -0.4 is 0 Å². The average molecular weight is 142 g/mol. The second-order valence-corrected chi connectivity index (χ2v) is 3.46. The third-order valence-corrected chi connectivity index (χ3v) is 2.59. The molecule has 0 bridgehead atoms. The Morgan fingerprint density at radius 2 is 1.70 bits per heavy atom. The van der Waals surface area contributed by atoms with Gasteiger partial charge in [-0.15, -0.1) is 0 Å². The highest BCUT2D eigenvalue weighted by Gasteiger charge is 2.36. The van der Waals surface area contributed by atoms with Gasteiger partial charge in [0.15, 0.2) is 0 Å². The van der Waals surface area contributed by atoms with Crippen LogP contribution in [0.3, 0.4) is 0 Å². The molecule has 1 spiro atoms. The molecule has 2 heteroatoms. The maximum atomic E-state index is 5.43. The predicted octanol–water partition coefficient (Wildman–Crippen LogP) is 1.20. The van der Waals surface area contributed by atoms with Crippen molar-refractivity contribution in [3.8, 4) is 0 Å². The molecule has 0 aromatic heterocycles. The molecule has 2 aliphatic heterocycles. The van der Waals surface area contributed by atoms with E-state index in [1.165, 1.54) is 19.3 Å². The first-order chi connectivity index (χ1) is 4.91. The van der Waals surface area contributed by atoms with Crippen molar-refractivity contribution in [3.63, 3.8) is 0 Å². The van der Waals surface area contributed by atoms with Crippen molar-refractivity contribution < 1.29 is 9.47 Å². The summed E-state index contributed by atoms with van der Waals surface area (Å²) >= 11 is 0. The van der Waals surface area contributed by atoms with Crippen LogP contribution in [0.2, 0.25) is 0 Å². The van der Waals surface area contributed by atoms with Gasteiger partial charge in [-0.25, -0.2) is 0 Å². The highest BCUT2D eigenvalue weighted by molar-refractivity contribution is 4.84. The van der Waals surface area contributed by atoms with Gasteiger partial charge in [0, 0.05) is 18.6 Å². The average Bonchev–Trinajstić information content (AvgIpc) is 2.39. The van der Waals surface area contributed by atoms with E-state index in [9.17, 15) is 0 Å². The Bertz CT molecular complexity index is 108. The minimum absolute atomic E-state index is 0.429. The lowest BCUT2D eigenvalue weighted by molar-refractivity contribution is -0.0123. The summed E-state index contributed by atoms with van der Waals surface area (Å²) in [6, 6.07) is 0. The van der Waals surface area contributed by atoms with Crippen LogP contribution in [0.4, 0.5) is 0 Å². The van der Waals surface area contributed by atoms with Crippen molar-refractivity contribution in [3.05, 3.63) is 0 Å². The van der Waals surface area contributed by atoms with Crippen molar-refractivity contribution in [2.45, 2.75) is 19.3 Å². The zero-order valence-electron chi connectivity index (χ0n) is 6.27. The lowest BCUT2D eigenvalue weighted by Crippen LogP contribution is -2.31. The summed E-state index contributed by atoms with van der Waals surface area (Å²) in [4.78, 5) is 0. The van der Waals surface area contributed by atoms with Crippen LogP contribution in [0.5, 0.6) is 0 Å². The Hall–Kier alpha value is -0.0800. The Kier molecular flexibility index (Phi) is 1.66. The van der Waals surface area contributed by atoms with Crippen molar-refractivity contribution in [2.24, 2.45) is 5.41 Å². The molecule has 2 fully saturated rings. The van der Waals surface area contributed by atoms with Gasteiger partial charge in [0.2, 0.25) is 0 Å². The molecule has 0 aliphatic carbocycles. The van der Waals surface area contributed by atoms with Gasteiger partial charge in [-0.3, -0.25) is 0 Å².